The van der Waals surface area contributed by atoms with Crippen molar-refractivity contribution >= 4 is 40.6 Å². The van der Waals surface area contributed by atoms with Crippen molar-refractivity contribution in [2.75, 3.05) is 0 Å². The van der Waals surface area contributed by atoms with E-state index in [1.165, 1.54) is 0 Å². The zero-order valence-corrected chi connectivity index (χ0v) is 12.5. The number of halogens is 3. The van der Waals surface area contributed by atoms with E-state index in [-0.39, 0.29) is 12.4 Å². The number of rotatable bonds is 3. The van der Waals surface area contributed by atoms with Crippen LogP contribution >= 0.6 is 34.8 Å². The van der Waals surface area contributed by atoms with Crippen molar-refractivity contribution in [2.45, 2.75) is 6.54 Å². The molecule has 5 N–H and O–H groups in total. The van der Waals surface area contributed by atoms with Crippen molar-refractivity contribution in [2.24, 2.45) is 11.5 Å². The minimum atomic E-state index is -0.124. The van der Waals surface area contributed by atoms with Crippen LogP contribution in [0, 0.1) is 5.41 Å². The van der Waals surface area contributed by atoms with Crippen molar-refractivity contribution in [1.29, 1.82) is 5.41 Å². The van der Waals surface area contributed by atoms with Gasteiger partial charge in [-0.05, 0) is 18.2 Å². The zero-order valence-electron chi connectivity index (χ0n) is 10.3. The molecule has 4 nitrogen and oxygen atoms in total. The van der Waals surface area contributed by atoms with Gasteiger partial charge >= 0.3 is 0 Å². The Balaban J connectivity index is 2.67. The Bertz CT molecular complexity index is 686. The summed E-state index contributed by atoms with van der Waals surface area (Å²) in [6, 6.07) is 6.63. The molecule has 1 heterocycles. The topological polar surface area (TPSA) is 88.8 Å². The van der Waals surface area contributed by atoms with Crippen LogP contribution in [0.4, 0.5) is 0 Å². The summed E-state index contributed by atoms with van der Waals surface area (Å²) in [6.45, 7) is 0.177. The fourth-order valence-corrected chi connectivity index (χ4v) is 2.51. The number of nitrogens with zero attached hydrogens (tertiary/aromatic N) is 1. The first kappa shape index (κ1) is 15.1. The molecular weight excluding hydrogens is 319 g/mol. The highest BCUT2D eigenvalue weighted by Crippen LogP contribution is 2.37. The van der Waals surface area contributed by atoms with Gasteiger partial charge in [-0.25, -0.2) is 4.98 Å². The molecule has 0 saturated heterocycles. The van der Waals surface area contributed by atoms with E-state index in [2.05, 4.69) is 4.98 Å². The smallest absolute Gasteiger partial charge is 0.141 e. The van der Waals surface area contributed by atoms with Gasteiger partial charge < -0.3 is 11.5 Å². The van der Waals surface area contributed by atoms with Crippen LogP contribution in [0.2, 0.25) is 15.1 Å². The molecule has 0 amide bonds. The summed E-state index contributed by atoms with van der Waals surface area (Å²) in [5.74, 6) is -0.124. The molecule has 0 aliphatic heterocycles. The summed E-state index contributed by atoms with van der Waals surface area (Å²) in [4.78, 5) is 4.25. The van der Waals surface area contributed by atoms with Gasteiger partial charge in [0, 0.05) is 22.7 Å². The predicted octanol–water partition coefficient (Wildman–Crippen LogP) is 3.45. The first-order chi connectivity index (χ1) is 9.43. The Morgan fingerprint density at radius 1 is 1.15 bits per heavy atom. The number of benzene rings is 1. The summed E-state index contributed by atoms with van der Waals surface area (Å²) >= 11 is 18.2. The van der Waals surface area contributed by atoms with Crippen LogP contribution in [0.15, 0.2) is 24.3 Å². The number of hydrogen-bond acceptors (Lipinski definition) is 3. The minimum absolute atomic E-state index is 0.124. The maximum atomic E-state index is 7.40. The lowest BCUT2D eigenvalue weighted by Gasteiger charge is -2.12. The van der Waals surface area contributed by atoms with Gasteiger partial charge in [0.15, 0.2) is 0 Å². The molecular formula is C13H11Cl3N4. The Morgan fingerprint density at radius 2 is 1.85 bits per heavy atom. The molecule has 1 aromatic carbocycles. The molecule has 0 atom stereocenters. The lowest BCUT2D eigenvalue weighted by Crippen LogP contribution is -2.15. The Morgan fingerprint density at radius 3 is 2.45 bits per heavy atom. The van der Waals surface area contributed by atoms with E-state index in [0.717, 1.165) is 0 Å². The molecule has 0 aliphatic rings. The molecule has 2 rings (SSSR count). The van der Waals surface area contributed by atoms with Crippen molar-refractivity contribution in [3.05, 3.63) is 50.7 Å². The third kappa shape index (κ3) is 2.88. The van der Waals surface area contributed by atoms with E-state index in [1.54, 1.807) is 24.3 Å². The fraction of sp³-hybridized carbons (Fsp3) is 0.0769. The Kier molecular flexibility index (Phi) is 4.50. The van der Waals surface area contributed by atoms with E-state index in [0.29, 0.717) is 37.6 Å². The zero-order chi connectivity index (χ0) is 14.9. The van der Waals surface area contributed by atoms with Gasteiger partial charge in [0.1, 0.15) is 11.5 Å². The molecule has 104 valence electrons. The second-order valence-electron chi connectivity index (χ2n) is 4.06. The number of nitrogens with one attached hydrogen (secondary N) is 1. The van der Waals surface area contributed by atoms with Crippen molar-refractivity contribution in [1.82, 2.24) is 4.98 Å². The van der Waals surface area contributed by atoms with E-state index in [1.807, 2.05) is 0 Å². The average Bonchev–Trinajstić information content (AvgIpc) is 2.42. The summed E-state index contributed by atoms with van der Waals surface area (Å²) in [7, 11) is 0. The number of aromatic nitrogens is 1. The van der Waals surface area contributed by atoms with Gasteiger partial charge in [-0.15, -0.1) is 0 Å². The van der Waals surface area contributed by atoms with Gasteiger partial charge in [-0.2, -0.15) is 0 Å². The molecule has 7 heteroatoms. The second kappa shape index (κ2) is 5.97. The first-order valence-corrected chi connectivity index (χ1v) is 6.76. The van der Waals surface area contributed by atoms with Gasteiger partial charge in [0.05, 0.1) is 15.7 Å². The van der Waals surface area contributed by atoms with E-state index < -0.39 is 0 Å². The SMILES string of the molecule is N=C(N)c1ccc(-c2cc(Cl)cc(Cl)c2Cl)c(CN)n1. The second-order valence-corrected chi connectivity index (χ2v) is 5.28. The molecule has 0 spiro atoms. The highest BCUT2D eigenvalue weighted by atomic mass is 35.5. The number of hydrogen-bond donors (Lipinski definition) is 3. The van der Waals surface area contributed by atoms with Crippen LogP contribution in [-0.4, -0.2) is 10.8 Å². The highest BCUT2D eigenvalue weighted by Gasteiger charge is 2.14. The lowest BCUT2D eigenvalue weighted by atomic mass is 10.0. The molecule has 0 radical (unpaired) electrons. The minimum Gasteiger partial charge on any atom is -0.382 e. The summed E-state index contributed by atoms with van der Waals surface area (Å²) in [5, 5.41) is 8.60. The number of nitrogen functional groups attached to an aromatic ring is 1. The van der Waals surface area contributed by atoms with Crippen molar-refractivity contribution in [3.63, 3.8) is 0 Å². The van der Waals surface area contributed by atoms with Gasteiger partial charge in [0.2, 0.25) is 0 Å². The first-order valence-electron chi connectivity index (χ1n) is 5.63. The molecule has 2 aromatic rings. The number of nitrogens with two attached hydrogens (primary N) is 2. The standard InChI is InChI=1S/C13H11Cl3N4/c14-6-3-8(12(16)9(15)4-6)7-1-2-10(13(18)19)20-11(7)5-17/h1-4H,5,17H2,(H3,18,19). The van der Waals surface area contributed by atoms with Crippen LogP contribution in [0.3, 0.4) is 0 Å². The van der Waals surface area contributed by atoms with Gasteiger partial charge in [-0.3, -0.25) is 5.41 Å². The summed E-state index contributed by atoms with van der Waals surface area (Å²) in [6.07, 6.45) is 0. The maximum Gasteiger partial charge on any atom is 0.141 e. The maximum absolute atomic E-state index is 7.40. The summed E-state index contributed by atoms with van der Waals surface area (Å²) < 4.78 is 0. The Hall–Kier alpha value is -1.33. The molecule has 0 unspecified atom stereocenters. The van der Waals surface area contributed by atoms with Crippen molar-refractivity contribution < 1.29 is 0 Å². The van der Waals surface area contributed by atoms with Crippen LogP contribution in [-0.2, 0) is 6.54 Å². The predicted molar refractivity (Wildman–Crippen MR) is 83.6 cm³/mol. The number of pyridine rings is 1. The number of amidine groups is 1. The quantitative estimate of drug-likeness (QED) is 0.458. The monoisotopic (exact) mass is 328 g/mol. The van der Waals surface area contributed by atoms with Crippen molar-refractivity contribution in [3.8, 4) is 11.1 Å². The molecule has 1 aromatic heterocycles. The van der Waals surface area contributed by atoms with E-state index >= 15 is 0 Å². The fourth-order valence-electron chi connectivity index (χ4n) is 1.80. The van der Waals surface area contributed by atoms with Crippen LogP contribution in [0.25, 0.3) is 11.1 Å². The largest absolute Gasteiger partial charge is 0.382 e. The van der Waals surface area contributed by atoms with Gasteiger partial charge in [-0.1, -0.05) is 40.9 Å². The van der Waals surface area contributed by atoms with Crippen LogP contribution in [0.5, 0.6) is 0 Å². The molecule has 0 fully saturated rings. The van der Waals surface area contributed by atoms with Crippen LogP contribution in [0.1, 0.15) is 11.4 Å². The van der Waals surface area contributed by atoms with Gasteiger partial charge in [0.25, 0.3) is 0 Å². The van der Waals surface area contributed by atoms with Crippen LogP contribution < -0.4 is 11.5 Å². The van der Waals surface area contributed by atoms with E-state index in [9.17, 15) is 0 Å². The summed E-state index contributed by atoms with van der Waals surface area (Å²) in [5.41, 5.74) is 13.4. The average molecular weight is 330 g/mol. The molecule has 20 heavy (non-hydrogen) atoms. The third-order valence-corrected chi connectivity index (χ3v) is 3.75. The molecule has 0 bridgehead atoms. The third-order valence-electron chi connectivity index (χ3n) is 2.73. The normalized spacial score (nSPS) is 10.6. The highest BCUT2D eigenvalue weighted by molar-refractivity contribution is 6.45. The molecule has 0 aliphatic carbocycles. The lowest BCUT2D eigenvalue weighted by molar-refractivity contribution is 0.986. The molecule has 0 saturated carbocycles. The van der Waals surface area contributed by atoms with E-state index in [4.69, 9.17) is 51.7 Å². The Labute approximate surface area is 131 Å².